The summed E-state index contributed by atoms with van der Waals surface area (Å²) < 4.78 is 0. The van der Waals surface area contributed by atoms with Crippen LogP contribution in [-0.4, -0.2) is 50.2 Å². The maximum absolute atomic E-state index is 12.1. The summed E-state index contributed by atoms with van der Waals surface area (Å²) in [7, 11) is 0. The van der Waals surface area contributed by atoms with E-state index < -0.39 is 0 Å². The molecule has 4 nitrogen and oxygen atoms in total. The Balaban J connectivity index is 1.48. The molecule has 0 fully saturated rings. The van der Waals surface area contributed by atoms with E-state index >= 15 is 0 Å². The van der Waals surface area contributed by atoms with Crippen molar-refractivity contribution < 1.29 is 9.59 Å². The van der Waals surface area contributed by atoms with E-state index in [-0.39, 0.29) is 23.9 Å². The van der Waals surface area contributed by atoms with Crippen molar-refractivity contribution in [2.24, 2.45) is 0 Å². The van der Waals surface area contributed by atoms with Gasteiger partial charge < -0.3 is 0 Å². The normalized spacial score (nSPS) is 12.7. The van der Waals surface area contributed by atoms with Gasteiger partial charge in [-0.25, -0.2) is 0 Å². The van der Waals surface area contributed by atoms with E-state index in [1.807, 2.05) is 36.4 Å². The van der Waals surface area contributed by atoms with Gasteiger partial charge in [0, 0.05) is 0 Å². The molecule has 0 aliphatic carbocycles. The van der Waals surface area contributed by atoms with Crippen LogP contribution in [0, 0.1) is 0 Å². The van der Waals surface area contributed by atoms with E-state index in [1.54, 1.807) is 0 Å². The van der Waals surface area contributed by atoms with E-state index in [4.69, 9.17) is 0 Å². The second kappa shape index (κ2) is 14.4. The number of nitrogens with one attached hydrogen (secondary N) is 2. The SMILES string of the molecule is CC(Cc1ccccc1)NC(=O)CC[Se][Se]CCC(=O)NC(C)Cc1ccccc1. The molecular weight excluding hydrogens is 506 g/mol. The molecule has 162 valence electrons. The minimum absolute atomic E-state index is 0.142. The van der Waals surface area contributed by atoms with E-state index in [0.717, 1.165) is 23.5 Å². The van der Waals surface area contributed by atoms with Gasteiger partial charge in [-0.1, -0.05) is 0 Å². The van der Waals surface area contributed by atoms with Crippen molar-refractivity contribution in [1.82, 2.24) is 10.6 Å². The summed E-state index contributed by atoms with van der Waals surface area (Å²) in [5.41, 5.74) is 2.49. The van der Waals surface area contributed by atoms with Crippen LogP contribution < -0.4 is 10.6 Å². The van der Waals surface area contributed by atoms with E-state index in [2.05, 4.69) is 48.7 Å². The summed E-state index contributed by atoms with van der Waals surface area (Å²) in [6.07, 6.45) is 2.92. The Hall–Kier alpha value is -1.58. The van der Waals surface area contributed by atoms with Gasteiger partial charge in [0.1, 0.15) is 0 Å². The predicted molar refractivity (Wildman–Crippen MR) is 126 cm³/mol. The maximum atomic E-state index is 12.1. The van der Waals surface area contributed by atoms with Crippen molar-refractivity contribution in [1.29, 1.82) is 0 Å². The number of amides is 2. The number of benzene rings is 2. The molecule has 0 saturated carbocycles. The number of hydrogen-bond donors (Lipinski definition) is 2. The van der Waals surface area contributed by atoms with Crippen LogP contribution in [-0.2, 0) is 22.4 Å². The Bertz CT molecular complexity index is 691. The van der Waals surface area contributed by atoms with Crippen LogP contribution in [0.15, 0.2) is 60.7 Å². The van der Waals surface area contributed by atoms with E-state index in [0.29, 0.717) is 39.1 Å². The molecule has 30 heavy (non-hydrogen) atoms. The molecule has 0 spiro atoms. The van der Waals surface area contributed by atoms with Crippen LogP contribution in [0.2, 0.25) is 10.6 Å². The molecule has 2 atom stereocenters. The third-order valence-electron chi connectivity index (χ3n) is 4.49. The van der Waals surface area contributed by atoms with Gasteiger partial charge in [-0.05, 0) is 0 Å². The molecule has 0 radical (unpaired) electrons. The van der Waals surface area contributed by atoms with Crippen molar-refractivity contribution in [3.05, 3.63) is 71.8 Å². The molecule has 2 amide bonds. The number of rotatable bonds is 13. The zero-order valence-corrected chi connectivity index (χ0v) is 21.2. The van der Waals surface area contributed by atoms with Gasteiger partial charge in [0.2, 0.25) is 0 Å². The molecule has 2 aromatic rings. The van der Waals surface area contributed by atoms with Crippen LogP contribution in [0.5, 0.6) is 0 Å². The molecule has 0 bridgehead atoms. The fraction of sp³-hybridized carbons (Fsp3) is 0.417. The van der Waals surface area contributed by atoms with Gasteiger partial charge in [-0.2, -0.15) is 0 Å². The molecule has 0 aromatic heterocycles. The van der Waals surface area contributed by atoms with Crippen LogP contribution >= 0.6 is 0 Å². The monoisotopic (exact) mass is 540 g/mol. The van der Waals surface area contributed by atoms with Gasteiger partial charge in [-0.15, -0.1) is 0 Å². The average Bonchev–Trinajstić information content (AvgIpc) is 2.71. The second-order valence-corrected chi connectivity index (χ2v) is 15.3. The van der Waals surface area contributed by atoms with Gasteiger partial charge in [0.05, 0.1) is 0 Å². The van der Waals surface area contributed by atoms with Gasteiger partial charge in [0.15, 0.2) is 0 Å². The van der Waals surface area contributed by atoms with Gasteiger partial charge in [-0.3, -0.25) is 0 Å². The third-order valence-corrected chi connectivity index (χ3v) is 11.8. The summed E-state index contributed by atoms with van der Waals surface area (Å²) in [4.78, 5) is 24.2. The second-order valence-electron chi connectivity index (χ2n) is 7.46. The number of hydrogen-bond acceptors (Lipinski definition) is 2. The first-order chi connectivity index (χ1) is 14.5. The molecule has 2 unspecified atom stereocenters. The first kappa shape index (κ1) is 24.7. The standard InChI is InChI=1S/C24H32N2O2Se2/c1-19(17-21-9-5-3-6-10-21)25-23(27)13-15-29-30-16-14-24(28)26-20(2)18-22-11-7-4-8-12-22/h3-12,19-20H,13-18H2,1-2H3,(H,25,27)(H,26,28). The molecule has 2 rings (SSSR count). The summed E-state index contributed by atoms with van der Waals surface area (Å²) in [5.74, 6) is 0.284. The Morgan fingerprint density at radius 2 is 1.07 bits per heavy atom. The van der Waals surface area contributed by atoms with Crippen LogP contribution in [0.4, 0.5) is 0 Å². The minimum atomic E-state index is 0.142. The van der Waals surface area contributed by atoms with Gasteiger partial charge >= 0.3 is 192 Å². The first-order valence-electron chi connectivity index (χ1n) is 10.4. The molecule has 6 heteroatoms. The quantitative estimate of drug-likeness (QED) is 0.304. The van der Waals surface area contributed by atoms with Crippen LogP contribution in [0.25, 0.3) is 0 Å². The fourth-order valence-corrected chi connectivity index (χ4v) is 9.13. The Kier molecular flexibility index (Phi) is 11.9. The summed E-state index contributed by atoms with van der Waals surface area (Å²) in [5, 5.41) is 8.11. The third kappa shape index (κ3) is 11.0. The topological polar surface area (TPSA) is 58.2 Å². The molecule has 0 aliphatic heterocycles. The molecule has 2 aromatic carbocycles. The van der Waals surface area contributed by atoms with Crippen molar-refractivity contribution in [3.63, 3.8) is 0 Å². The summed E-state index contributed by atoms with van der Waals surface area (Å²) in [6.45, 7) is 4.11. The van der Waals surface area contributed by atoms with Crippen molar-refractivity contribution >= 4 is 38.1 Å². The number of carbonyl (C=O) groups excluding carboxylic acids is 2. The van der Waals surface area contributed by atoms with Crippen molar-refractivity contribution in [2.45, 2.75) is 62.3 Å². The first-order valence-corrected chi connectivity index (χ1v) is 17.2. The molecule has 2 N–H and O–H groups in total. The number of carbonyl (C=O) groups is 2. The van der Waals surface area contributed by atoms with E-state index in [1.165, 1.54) is 11.1 Å². The Morgan fingerprint density at radius 3 is 1.43 bits per heavy atom. The fourth-order valence-electron chi connectivity index (χ4n) is 3.12. The predicted octanol–water partition coefficient (Wildman–Crippen LogP) is 3.42. The van der Waals surface area contributed by atoms with Crippen molar-refractivity contribution in [3.8, 4) is 0 Å². The van der Waals surface area contributed by atoms with Crippen LogP contribution in [0.3, 0.4) is 0 Å². The molecule has 0 aliphatic rings. The molecule has 0 saturated heterocycles. The van der Waals surface area contributed by atoms with E-state index in [9.17, 15) is 9.59 Å². The summed E-state index contributed by atoms with van der Waals surface area (Å²) >= 11 is 0.950. The zero-order chi connectivity index (χ0) is 21.6. The zero-order valence-electron chi connectivity index (χ0n) is 17.8. The Morgan fingerprint density at radius 1 is 0.700 bits per heavy atom. The summed E-state index contributed by atoms with van der Waals surface area (Å²) in [6, 6.07) is 20.8. The average molecular weight is 538 g/mol. The molecule has 0 heterocycles. The Labute approximate surface area is 191 Å². The van der Waals surface area contributed by atoms with Crippen LogP contribution in [0.1, 0.15) is 37.8 Å². The van der Waals surface area contributed by atoms with Crippen molar-refractivity contribution in [2.75, 3.05) is 0 Å². The molecular formula is C24H32N2O2Se2. The van der Waals surface area contributed by atoms with Gasteiger partial charge in [0.25, 0.3) is 0 Å².